The summed E-state index contributed by atoms with van der Waals surface area (Å²) < 4.78 is 0. The topological polar surface area (TPSA) is 6.48 Å². The van der Waals surface area contributed by atoms with Crippen molar-refractivity contribution in [3.63, 3.8) is 0 Å². The summed E-state index contributed by atoms with van der Waals surface area (Å²) in [7, 11) is 2.11. The first kappa shape index (κ1) is 23.1. The van der Waals surface area contributed by atoms with E-state index in [2.05, 4.69) is 135 Å². The second kappa shape index (κ2) is 10.7. The molecular formula is C30H34N2. The number of aryl methyl sites for hydroxylation is 3. The lowest BCUT2D eigenvalue weighted by molar-refractivity contribution is 1.20. The largest absolute Gasteiger partial charge is 0.345 e. The number of hydrogen-bond donors (Lipinski definition) is 0. The van der Waals surface area contributed by atoms with E-state index >= 15 is 0 Å². The summed E-state index contributed by atoms with van der Waals surface area (Å²) in [6.45, 7) is 10.4. The smallest absolute Gasteiger partial charge is 0.0464 e. The molecule has 0 spiro atoms. The zero-order valence-corrected chi connectivity index (χ0v) is 20.1. The molecule has 0 aliphatic heterocycles. The van der Waals surface area contributed by atoms with E-state index in [1.165, 1.54) is 28.1 Å². The molecule has 0 unspecified atom stereocenters. The number of rotatable bonds is 5. The number of nitrogens with zero attached hydrogens (tertiary/aromatic N) is 2. The van der Waals surface area contributed by atoms with Gasteiger partial charge in [0.15, 0.2) is 0 Å². The van der Waals surface area contributed by atoms with Crippen LogP contribution in [0.3, 0.4) is 0 Å². The van der Waals surface area contributed by atoms with Crippen LogP contribution in [0.5, 0.6) is 0 Å². The SMILES string of the molecule is CC.Cc1ccc(N(C)c2ccc(N(c3ccc(C)cc3)c3cccc(C)c3)cc2)cc1. The van der Waals surface area contributed by atoms with E-state index in [1.54, 1.807) is 0 Å². The van der Waals surface area contributed by atoms with Crippen LogP contribution in [0.15, 0.2) is 97.1 Å². The maximum absolute atomic E-state index is 2.31. The lowest BCUT2D eigenvalue weighted by Gasteiger charge is -2.27. The summed E-state index contributed by atoms with van der Waals surface area (Å²) in [6, 6.07) is 34.7. The molecule has 32 heavy (non-hydrogen) atoms. The normalized spacial score (nSPS) is 10.2. The van der Waals surface area contributed by atoms with E-state index < -0.39 is 0 Å². The van der Waals surface area contributed by atoms with E-state index in [0.29, 0.717) is 0 Å². The molecule has 0 aromatic heterocycles. The zero-order valence-electron chi connectivity index (χ0n) is 20.1. The Balaban J connectivity index is 0.00000141. The van der Waals surface area contributed by atoms with E-state index in [0.717, 1.165) is 17.1 Å². The van der Waals surface area contributed by atoms with Crippen molar-refractivity contribution in [3.8, 4) is 0 Å². The standard InChI is InChI=1S/C28H28N2.C2H6/c1-21-8-12-24(13-9-21)29(4)25-16-18-27(19-17-25)30(26-14-10-22(2)11-15-26)28-7-5-6-23(3)20-28;1-2/h5-20H,1-4H3;1-2H3. The Bertz CT molecular complexity index is 1110. The minimum absolute atomic E-state index is 1.14. The van der Waals surface area contributed by atoms with E-state index in [-0.39, 0.29) is 0 Å². The van der Waals surface area contributed by atoms with Gasteiger partial charge in [-0.15, -0.1) is 0 Å². The highest BCUT2D eigenvalue weighted by atomic mass is 15.1. The first-order chi connectivity index (χ1) is 15.5. The monoisotopic (exact) mass is 422 g/mol. The highest BCUT2D eigenvalue weighted by Gasteiger charge is 2.13. The van der Waals surface area contributed by atoms with Gasteiger partial charge >= 0.3 is 0 Å². The molecular weight excluding hydrogens is 388 g/mol. The van der Waals surface area contributed by atoms with Crippen molar-refractivity contribution in [2.45, 2.75) is 34.6 Å². The van der Waals surface area contributed by atoms with Crippen LogP contribution in [0, 0.1) is 20.8 Å². The first-order valence-corrected chi connectivity index (χ1v) is 11.4. The Morgan fingerprint density at radius 2 is 0.844 bits per heavy atom. The molecule has 0 N–H and O–H groups in total. The average molecular weight is 423 g/mol. The molecule has 0 fully saturated rings. The van der Waals surface area contributed by atoms with Gasteiger partial charge in [-0.2, -0.15) is 0 Å². The van der Waals surface area contributed by atoms with Crippen LogP contribution in [-0.2, 0) is 0 Å². The molecule has 4 aromatic carbocycles. The fourth-order valence-electron chi connectivity index (χ4n) is 3.65. The van der Waals surface area contributed by atoms with Crippen LogP contribution in [0.2, 0.25) is 0 Å². The molecule has 0 saturated heterocycles. The molecule has 0 amide bonds. The summed E-state index contributed by atoms with van der Waals surface area (Å²) >= 11 is 0. The third-order valence-electron chi connectivity index (χ3n) is 5.47. The third kappa shape index (κ3) is 5.39. The van der Waals surface area contributed by atoms with Crippen LogP contribution in [0.4, 0.5) is 28.4 Å². The average Bonchev–Trinajstić information content (AvgIpc) is 2.82. The van der Waals surface area contributed by atoms with Crippen molar-refractivity contribution in [3.05, 3.63) is 114 Å². The number of hydrogen-bond acceptors (Lipinski definition) is 2. The minimum Gasteiger partial charge on any atom is -0.345 e. The second-order valence-electron chi connectivity index (χ2n) is 7.92. The minimum atomic E-state index is 1.14. The Morgan fingerprint density at radius 3 is 1.31 bits per heavy atom. The van der Waals surface area contributed by atoms with Crippen molar-refractivity contribution < 1.29 is 0 Å². The van der Waals surface area contributed by atoms with Gasteiger partial charge in [0.1, 0.15) is 0 Å². The molecule has 0 atom stereocenters. The number of benzene rings is 4. The van der Waals surface area contributed by atoms with Crippen molar-refractivity contribution in [1.29, 1.82) is 0 Å². The van der Waals surface area contributed by atoms with Gasteiger partial charge in [0, 0.05) is 35.5 Å². The van der Waals surface area contributed by atoms with E-state index in [9.17, 15) is 0 Å². The number of anilines is 5. The van der Waals surface area contributed by atoms with E-state index in [4.69, 9.17) is 0 Å². The van der Waals surface area contributed by atoms with Gasteiger partial charge in [0.2, 0.25) is 0 Å². The summed E-state index contributed by atoms with van der Waals surface area (Å²) in [5.74, 6) is 0. The van der Waals surface area contributed by atoms with Gasteiger partial charge in [-0.05, 0) is 87.0 Å². The van der Waals surface area contributed by atoms with Gasteiger partial charge < -0.3 is 9.80 Å². The Morgan fingerprint density at radius 1 is 0.438 bits per heavy atom. The molecule has 0 saturated carbocycles. The van der Waals surface area contributed by atoms with E-state index in [1.807, 2.05) is 13.8 Å². The molecule has 0 aliphatic rings. The van der Waals surface area contributed by atoms with Gasteiger partial charge in [-0.1, -0.05) is 61.4 Å². The highest BCUT2D eigenvalue weighted by molar-refractivity contribution is 5.78. The quantitative estimate of drug-likeness (QED) is 0.317. The lowest BCUT2D eigenvalue weighted by atomic mass is 10.1. The summed E-state index contributed by atoms with van der Waals surface area (Å²) in [5.41, 5.74) is 9.60. The van der Waals surface area contributed by atoms with Gasteiger partial charge in [0.05, 0.1) is 0 Å². The summed E-state index contributed by atoms with van der Waals surface area (Å²) in [4.78, 5) is 4.52. The maximum atomic E-state index is 2.31. The lowest BCUT2D eigenvalue weighted by Crippen LogP contribution is -2.12. The van der Waals surface area contributed by atoms with Gasteiger partial charge in [0.25, 0.3) is 0 Å². The fourth-order valence-corrected chi connectivity index (χ4v) is 3.65. The van der Waals surface area contributed by atoms with Crippen molar-refractivity contribution in [1.82, 2.24) is 0 Å². The molecule has 0 heterocycles. The molecule has 0 radical (unpaired) electrons. The summed E-state index contributed by atoms with van der Waals surface area (Å²) in [6.07, 6.45) is 0. The molecule has 0 bridgehead atoms. The van der Waals surface area contributed by atoms with Crippen LogP contribution < -0.4 is 9.80 Å². The molecule has 0 aliphatic carbocycles. The Hall–Kier alpha value is -3.52. The van der Waals surface area contributed by atoms with Crippen LogP contribution in [0.1, 0.15) is 30.5 Å². The molecule has 2 nitrogen and oxygen atoms in total. The van der Waals surface area contributed by atoms with Crippen molar-refractivity contribution in [2.24, 2.45) is 0 Å². The predicted octanol–water partition coefficient (Wildman–Crippen LogP) is 8.88. The molecule has 2 heteroatoms. The first-order valence-electron chi connectivity index (χ1n) is 11.4. The zero-order chi connectivity index (χ0) is 23.1. The molecule has 4 aromatic rings. The third-order valence-corrected chi connectivity index (χ3v) is 5.47. The Kier molecular flexibility index (Phi) is 7.72. The molecule has 164 valence electrons. The van der Waals surface area contributed by atoms with Crippen molar-refractivity contribution in [2.75, 3.05) is 16.8 Å². The second-order valence-corrected chi connectivity index (χ2v) is 7.92. The fraction of sp³-hybridized carbons (Fsp3) is 0.200. The van der Waals surface area contributed by atoms with Crippen LogP contribution >= 0.6 is 0 Å². The van der Waals surface area contributed by atoms with Crippen molar-refractivity contribution >= 4 is 28.4 Å². The van der Waals surface area contributed by atoms with Gasteiger partial charge in [-0.25, -0.2) is 0 Å². The van der Waals surface area contributed by atoms with Crippen LogP contribution in [-0.4, -0.2) is 7.05 Å². The Labute approximate surface area is 193 Å². The maximum Gasteiger partial charge on any atom is 0.0464 e. The van der Waals surface area contributed by atoms with Crippen LogP contribution in [0.25, 0.3) is 0 Å². The van der Waals surface area contributed by atoms with Gasteiger partial charge in [-0.3, -0.25) is 0 Å². The molecule has 4 rings (SSSR count). The highest BCUT2D eigenvalue weighted by Crippen LogP contribution is 2.36. The summed E-state index contributed by atoms with van der Waals surface area (Å²) in [5, 5.41) is 0. The predicted molar refractivity (Wildman–Crippen MR) is 141 cm³/mol.